The molecule has 3 rings (SSSR count). The summed E-state index contributed by atoms with van der Waals surface area (Å²) in [4.78, 5) is 0. The van der Waals surface area contributed by atoms with Crippen molar-refractivity contribution >= 4 is 18.7 Å². The lowest BCUT2D eigenvalue weighted by atomic mass is 10.2. The predicted molar refractivity (Wildman–Crippen MR) is 111 cm³/mol. The molecular formula is C23H32O2Si. The highest BCUT2D eigenvalue weighted by Gasteiger charge is 2.51. The van der Waals surface area contributed by atoms with Crippen LogP contribution in [-0.2, 0) is 4.43 Å². The molecule has 2 aromatic rings. The van der Waals surface area contributed by atoms with E-state index in [1.165, 1.54) is 16.8 Å². The fourth-order valence-electron chi connectivity index (χ4n) is 4.23. The zero-order valence-electron chi connectivity index (χ0n) is 16.5. The van der Waals surface area contributed by atoms with Crippen LogP contribution in [0.2, 0.25) is 5.04 Å². The highest BCUT2D eigenvalue weighted by Crippen LogP contribution is 2.44. The fraction of sp³-hybridized carbons (Fsp3) is 0.478. The van der Waals surface area contributed by atoms with Crippen molar-refractivity contribution in [2.45, 2.75) is 51.7 Å². The molecule has 140 valence electrons. The first-order valence-electron chi connectivity index (χ1n) is 9.77. The number of aliphatic hydroxyl groups excluding tert-OH is 1. The second kappa shape index (κ2) is 7.67. The van der Waals surface area contributed by atoms with Gasteiger partial charge in [-0.3, -0.25) is 0 Å². The molecular weight excluding hydrogens is 336 g/mol. The molecule has 1 fully saturated rings. The second-order valence-corrected chi connectivity index (χ2v) is 13.1. The van der Waals surface area contributed by atoms with Crippen molar-refractivity contribution in [3.05, 3.63) is 60.7 Å². The summed E-state index contributed by atoms with van der Waals surface area (Å²) in [5, 5.41) is 12.4. The largest absolute Gasteiger partial charge is 0.407 e. The summed E-state index contributed by atoms with van der Waals surface area (Å²) in [5.41, 5.74) is 0. The summed E-state index contributed by atoms with van der Waals surface area (Å²) < 4.78 is 6.96. The Bertz CT molecular complexity index is 652. The van der Waals surface area contributed by atoms with Crippen LogP contribution in [-0.4, -0.2) is 26.1 Å². The van der Waals surface area contributed by atoms with E-state index >= 15 is 0 Å². The first-order valence-corrected chi connectivity index (χ1v) is 11.7. The first-order chi connectivity index (χ1) is 12.3. The lowest BCUT2D eigenvalue weighted by molar-refractivity contribution is 0.171. The van der Waals surface area contributed by atoms with Crippen LogP contribution in [0.25, 0.3) is 0 Å². The molecule has 1 aliphatic rings. The molecule has 2 aromatic carbocycles. The van der Waals surface area contributed by atoms with Gasteiger partial charge in [-0.2, -0.15) is 0 Å². The van der Waals surface area contributed by atoms with Crippen molar-refractivity contribution < 1.29 is 9.53 Å². The van der Waals surface area contributed by atoms with Crippen LogP contribution >= 0.6 is 0 Å². The topological polar surface area (TPSA) is 29.5 Å². The maximum absolute atomic E-state index is 9.66. The molecule has 0 aliphatic heterocycles. The summed E-state index contributed by atoms with van der Waals surface area (Å²) in [6.45, 7) is 9.64. The van der Waals surface area contributed by atoms with E-state index in [0.29, 0.717) is 11.8 Å². The molecule has 3 heteroatoms. The summed E-state index contributed by atoms with van der Waals surface area (Å²) in [6.07, 6.45) is 1.87. The van der Waals surface area contributed by atoms with Crippen molar-refractivity contribution in [1.29, 1.82) is 0 Å². The zero-order valence-corrected chi connectivity index (χ0v) is 17.5. The average molecular weight is 369 g/mol. The number of aliphatic hydroxyl groups is 1. The molecule has 0 bridgehead atoms. The van der Waals surface area contributed by atoms with Gasteiger partial charge >= 0.3 is 0 Å². The van der Waals surface area contributed by atoms with Gasteiger partial charge in [0.05, 0.1) is 6.10 Å². The van der Waals surface area contributed by atoms with Crippen LogP contribution in [0.5, 0.6) is 0 Å². The monoisotopic (exact) mass is 368 g/mol. The third kappa shape index (κ3) is 3.95. The maximum Gasteiger partial charge on any atom is 0.261 e. The molecule has 0 aromatic heterocycles. The van der Waals surface area contributed by atoms with Crippen LogP contribution in [0.1, 0.15) is 40.5 Å². The minimum absolute atomic E-state index is 0.0321. The third-order valence-electron chi connectivity index (χ3n) is 5.64. The van der Waals surface area contributed by atoms with E-state index in [2.05, 4.69) is 81.4 Å². The first kappa shape index (κ1) is 19.3. The van der Waals surface area contributed by atoms with Crippen LogP contribution in [0.4, 0.5) is 0 Å². The van der Waals surface area contributed by atoms with Gasteiger partial charge in [-0.1, -0.05) is 81.4 Å². The summed E-state index contributed by atoms with van der Waals surface area (Å²) in [7, 11) is -2.40. The fourth-order valence-corrected chi connectivity index (χ4v) is 8.85. The normalized spacial score (nSPS) is 21.4. The maximum atomic E-state index is 9.66. The van der Waals surface area contributed by atoms with E-state index in [1.807, 2.05) is 6.92 Å². The van der Waals surface area contributed by atoms with Crippen molar-refractivity contribution in [1.82, 2.24) is 0 Å². The van der Waals surface area contributed by atoms with E-state index < -0.39 is 8.32 Å². The van der Waals surface area contributed by atoms with Crippen molar-refractivity contribution in [2.24, 2.45) is 11.8 Å². The average Bonchev–Trinajstić information content (AvgIpc) is 3.33. The highest BCUT2D eigenvalue weighted by molar-refractivity contribution is 6.99. The van der Waals surface area contributed by atoms with E-state index in [-0.39, 0.29) is 11.1 Å². The summed E-state index contributed by atoms with van der Waals surface area (Å²) >= 11 is 0. The SMILES string of the molecule is C[C@@H](O)C[C@H]1C[C@H]1CO[Si](c1ccccc1)(c1ccccc1)C(C)(C)C. The molecule has 1 aliphatic carbocycles. The quantitative estimate of drug-likeness (QED) is 0.749. The Kier molecular flexibility index (Phi) is 5.71. The molecule has 1 saturated carbocycles. The lowest BCUT2D eigenvalue weighted by Crippen LogP contribution is -2.66. The Morgan fingerprint density at radius 2 is 1.46 bits per heavy atom. The number of hydrogen-bond donors (Lipinski definition) is 1. The van der Waals surface area contributed by atoms with Gasteiger partial charge in [0, 0.05) is 6.61 Å². The Morgan fingerprint density at radius 3 is 1.88 bits per heavy atom. The lowest BCUT2D eigenvalue weighted by Gasteiger charge is -2.43. The summed E-state index contributed by atoms with van der Waals surface area (Å²) in [5.74, 6) is 1.21. The third-order valence-corrected chi connectivity index (χ3v) is 10.6. The standard InChI is InChI=1S/C23H32O2Si/c1-18(24)15-19-16-20(19)17-25-26(23(2,3)4,21-11-7-5-8-12-21)22-13-9-6-10-14-22/h5-14,18-20,24H,15-17H2,1-4H3/t18-,19+,20+/m1/s1. The van der Waals surface area contributed by atoms with Gasteiger partial charge < -0.3 is 9.53 Å². The molecule has 1 N–H and O–H groups in total. The highest BCUT2D eigenvalue weighted by atomic mass is 28.4. The minimum Gasteiger partial charge on any atom is -0.407 e. The molecule has 0 spiro atoms. The minimum atomic E-state index is -2.40. The van der Waals surface area contributed by atoms with Crippen LogP contribution in [0.3, 0.4) is 0 Å². The Balaban J connectivity index is 1.94. The van der Waals surface area contributed by atoms with Gasteiger partial charge in [-0.05, 0) is 47.0 Å². The van der Waals surface area contributed by atoms with Crippen LogP contribution in [0.15, 0.2) is 60.7 Å². The number of benzene rings is 2. The predicted octanol–water partition coefficient (Wildman–Crippen LogP) is 3.97. The zero-order chi connectivity index (χ0) is 18.8. The molecule has 3 atom stereocenters. The Labute approximate surface area is 159 Å². The number of rotatable bonds is 7. The van der Waals surface area contributed by atoms with E-state index in [1.54, 1.807) is 0 Å². The van der Waals surface area contributed by atoms with Crippen LogP contribution < -0.4 is 10.4 Å². The molecule has 0 unspecified atom stereocenters. The van der Waals surface area contributed by atoms with Crippen molar-refractivity contribution in [3.63, 3.8) is 0 Å². The summed E-state index contributed by atoms with van der Waals surface area (Å²) in [6, 6.07) is 21.6. The molecule has 26 heavy (non-hydrogen) atoms. The molecule has 0 amide bonds. The van der Waals surface area contributed by atoms with Gasteiger partial charge in [0.15, 0.2) is 0 Å². The Morgan fingerprint density at radius 1 is 0.962 bits per heavy atom. The Hall–Kier alpha value is -1.42. The molecule has 0 saturated heterocycles. The van der Waals surface area contributed by atoms with Gasteiger partial charge in [0.25, 0.3) is 8.32 Å². The van der Waals surface area contributed by atoms with E-state index in [4.69, 9.17) is 4.43 Å². The van der Waals surface area contributed by atoms with Crippen molar-refractivity contribution in [2.75, 3.05) is 6.61 Å². The smallest absolute Gasteiger partial charge is 0.261 e. The van der Waals surface area contributed by atoms with E-state index in [0.717, 1.165) is 13.0 Å². The molecule has 0 heterocycles. The van der Waals surface area contributed by atoms with E-state index in [9.17, 15) is 5.11 Å². The van der Waals surface area contributed by atoms with Gasteiger partial charge in [-0.15, -0.1) is 0 Å². The molecule has 2 nitrogen and oxygen atoms in total. The van der Waals surface area contributed by atoms with Gasteiger partial charge in [0.1, 0.15) is 0 Å². The van der Waals surface area contributed by atoms with Crippen LogP contribution in [0, 0.1) is 11.8 Å². The van der Waals surface area contributed by atoms with Gasteiger partial charge in [0.2, 0.25) is 0 Å². The molecule has 0 radical (unpaired) electrons. The van der Waals surface area contributed by atoms with Crippen molar-refractivity contribution in [3.8, 4) is 0 Å². The van der Waals surface area contributed by atoms with Gasteiger partial charge in [-0.25, -0.2) is 0 Å². The second-order valence-electron chi connectivity index (χ2n) is 8.81. The number of hydrogen-bond acceptors (Lipinski definition) is 2.